The molecular weight excluding hydrogens is 317 g/mol. The largest absolute Gasteiger partial charge is 0.341 e. The van der Waals surface area contributed by atoms with Crippen LogP contribution in [0.1, 0.15) is 45.1 Å². The van der Waals surface area contributed by atoms with Crippen molar-refractivity contribution >= 4 is 5.91 Å². The van der Waals surface area contributed by atoms with Crippen LogP contribution < -0.4 is 5.73 Å². The Morgan fingerprint density at radius 2 is 1.92 bits per heavy atom. The maximum absolute atomic E-state index is 13.2. The quantitative estimate of drug-likeness (QED) is 0.915. The Bertz CT molecular complexity index is 601. The number of piperidine rings is 2. The molecule has 0 saturated carbocycles. The van der Waals surface area contributed by atoms with Gasteiger partial charge in [0.1, 0.15) is 5.82 Å². The molecule has 3 rings (SSSR count). The van der Waals surface area contributed by atoms with E-state index in [1.54, 1.807) is 0 Å². The van der Waals surface area contributed by atoms with Gasteiger partial charge >= 0.3 is 0 Å². The number of carbonyl (C=O) groups excluding carboxylic acids is 1. The zero-order valence-electron chi connectivity index (χ0n) is 15.4. The molecule has 2 aliphatic rings. The van der Waals surface area contributed by atoms with E-state index in [2.05, 4.69) is 18.7 Å². The SMILES string of the molecule is CC1(C)CN(C(=O)C2CCCCN2Cc2ccc(F)cc2)CCC1N. The number of nitrogens with two attached hydrogens (primary N) is 1. The Hall–Kier alpha value is -1.46. The molecule has 2 fully saturated rings. The van der Waals surface area contributed by atoms with Gasteiger partial charge in [0.2, 0.25) is 5.91 Å². The summed E-state index contributed by atoms with van der Waals surface area (Å²) in [6, 6.07) is 6.69. The number of nitrogens with zero attached hydrogens (tertiary/aromatic N) is 2. The molecule has 2 saturated heterocycles. The van der Waals surface area contributed by atoms with Crippen LogP contribution >= 0.6 is 0 Å². The van der Waals surface area contributed by atoms with Crippen molar-refractivity contribution in [2.45, 2.75) is 58.2 Å². The fourth-order valence-corrected chi connectivity index (χ4v) is 4.06. The molecular formula is C20H30FN3O. The first-order valence-corrected chi connectivity index (χ1v) is 9.40. The number of hydrogen-bond donors (Lipinski definition) is 1. The molecule has 0 bridgehead atoms. The molecule has 2 atom stereocenters. The standard InChI is InChI=1S/C20H30FN3O/c1-20(2)14-24(12-10-18(20)22)19(25)17-5-3-4-11-23(17)13-15-6-8-16(21)9-7-15/h6-9,17-18H,3-5,10-14,22H2,1-2H3. The van der Waals surface area contributed by atoms with Gasteiger partial charge in [-0.15, -0.1) is 0 Å². The molecule has 0 aromatic heterocycles. The zero-order valence-corrected chi connectivity index (χ0v) is 15.4. The van der Waals surface area contributed by atoms with Gasteiger partial charge in [-0.3, -0.25) is 9.69 Å². The fraction of sp³-hybridized carbons (Fsp3) is 0.650. The third kappa shape index (κ3) is 4.21. The highest BCUT2D eigenvalue weighted by Crippen LogP contribution is 2.30. The molecule has 0 aliphatic carbocycles. The zero-order chi connectivity index (χ0) is 18.0. The van der Waals surface area contributed by atoms with Gasteiger partial charge < -0.3 is 10.6 Å². The predicted octanol–water partition coefficient (Wildman–Crippen LogP) is 2.77. The van der Waals surface area contributed by atoms with Gasteiger partial charge in [-0.05, 0) is 48.9 Å². The van der Waals surface area contributed by atoms with Crippen molar-refractivity contribution in [2.24, 2.45) is 11.1 Å². The Balaban J connectivity index is 1.69. The normalized spacial score (nSPS) is 27.3. The van der Waals surface area contributed by atoms with Crippen LogP contribution in [0.5, 0.6) is 0 Å². The van der Waals surface area contributed by atoms with Crippen molar-refractivity contribution in [1.29, 1.82) is 0 Å². The summed E-state index contributed by atoms with van der Waals surface area (Å²) in [7, 11) is 0. The molecule has 5 heteroatoms. The first-order valence-electron chi connectivity index (χ1n) is 9.40. The Morgan fingerprint density at radius 1 is 1.20 bits per heavy atom. The van der Waals surface area contributed by atoms with E-state index in [0.717, 1.165) is 50.9 Å². The maximum atomic E-state index is 13.2. The highest BCUT2D eigenvalue weighted by molar-refractivity contribution is 5.82. The second kappa shape index (κ2) is 7.42. The van der Waals surface area contributed by atoms with E-state index in [1.165, 1.54) is 12.1 Å². The second-order valence-electron chi connectivity index (χ2n) is 8.25. The summed E-state index contributed by atoms with van der Waals surface area (Å²) in [5.74, 6) is 0.0173. The molecule has 25 heavy (non-hydrogen) atoms. The van der Waals surface area contributed by atoms with Gasteiger partial charge in [0, 0.05) is 25.7 Å². The Kier molecular flexibility index (Phi) is 5.44. The van der Waals surface area contributed by atoms with E-state index in [-0.39, 0.29) is 29.2 Å². The molecule has 4 nitrogen and oxygen atoms in total. The maximum Gasteiger partial charge on any atom is 0.239 e. The van der Waals surface area contributed by atoms with Crippen LogP contribution in [-0.2, 0) is 11.3 Å². The van der Waals surface area contributed by atoms with E-state index in [4.69, 9.17) is 5.73 Å². The topological polar surface area (TPSA) is 49.6 Å². The minimum Gasteiger partial charge on any atom is -0.341 e. The number of likely N-dealkylation sites (tertiary alicyclic amines) is 2. The van der Waals surface area contributed by atoms with Crippen LogP contribution in [0.4, 0.5) is 4.39 Å². The van der Waals surface area contributed by atoms with Crippen molar-refractivity contribution < 1.29 is 9.18 Å². The van der Waals surface area contributed by atoms with Crippen molar-refractivity contribution in [3.05, 3.63) is 35.6 Å². The molecule has 2 heterocycles. The summed E-state index contributed by atoms with van der Waals surface area (Å²) in [6.07, 6.45) is 3.97. The summed E-state index contributed by atoms with van der Waals surface area (Å²) in [4.78, 5) is 17.5. The van der Waals surface area contributed by atoms with E-state index < -0.39 is 0 Å². The molecule has 138 valence electrons. The van der Waals surface area contributed by atoms with Gasteiger partial charge in [0.05, 0.1) is 6.04 Å². The van der Waals surface area contributed by atoms with E-state index in [0.29, 0.717) is 6.54 Å². The lowest BCUT2D eigenvalue weighted by atomic mass is 9.79. The lowest BCUT2D eigenvalue weighted by Gasteiger charge is -2.45. The molecule has 2 unspecified atom stereocenters. The van der Waals surface area contributed by atoms with Crippen LogP contribution in [0.25, 0.3) is 0 Å². The molecule has 1 aromatic carbocycles. The average molecular weight is 347 g/mol. The smallest absolute Gasteiger partial charge is 0.239 e. The van der Waals surface area contributed by atoms with Crippen LogP contribution in [0, 0.1) is 11.2 Å². The van der Waals surface area contributed by atoms with Crippen LogP contribution in [-0.4, -0.2) is 47.4 Å². The number of halogens is 1. The number of benzene rings is 1. The molecule has 1 aromatic rings. The minimum absolute atomic E-state index is 0.0373. The van der Waals surface area contributed by atoms with Crippen LogP contribution in [0.2, 0.25) is 0 Å². The van der Waals surface area contributed by atoms with Gasteiger partial charge in [-0.2, -0.15) is 0 Å². The van der Waals surface area contributed by atoms with Crippen LogP contribution in [0.3, 0.4) is 0 Å². The van der Waals surface area contributed by atoms with Gasteiger partial charge in [0.25, 0.3) is 0 Å². The summed E-state index contributed by atoms with van der Waals surface area (Å²) < 4.78 is 13.1. The van der Waals surface area contributed by atoms with Gasteiger partial charge in [0.15, 0.2) is 0 Å². The highest BCUT2D eigenvalue weighted by Gasteiger charge is 2.39. The minimum atomic E-state index is -0.220. The number of hydrogen-bond acceptors (Lipinski definition) is 3. The van der Waals surface area contributed by atoms with E-state index >= 15 is 0 Å². The third-order valence-electron chi connectivity index (χ3n) is 5.82. The van der Waals surface area contributed by atoms with Crippen molar-refractivity contribution in [3.63, 3.8) is 0 Å². The Morgan fingerprint density at radius 3 is 2.60 bits per heavy atom. The highest BCUT2D eigenvalue weighted by atomic mass is 19.1. The first-order chi connectivity index (χ1) is 11.9. The van der Waals surface area contributed by atoms with Gasteiger partial charge in [-0.1, -0.05) is 32.4 Å². The molecule has 1 amide bonds. The number of rotatable bonds is 3. The molecule has 0 radical (unpaired) electrons. The summed E-state index contributed by atoms with van der Waals surface area (Å²) in [5.41, 5.74) is 7.24. The number of carbonyl (C=O) groups is 1. The summed E-state index contributed by atoms with van der Waals surface area (Å²) in [5, 5.41) is 0. The number of amides is 1. The fourth-order valence-electron chi connectivity index (χ4n) is 4.06. The first kappa shape index (κ1) is 18.3. The third-order valence-corrected chi connectivity index (χ3v) is 5.82. The summed E-state index contributed by atoms with van der Waals surface area (Å²) in [6.45, 7) is 7.40. The second-order valence-corrected chi connectivity index (χ2v) is 8.25. The molecule has 2 N–H and O–H groups in total. The van der Waals surface area contributed by atoms with Crippen molar-refractivity contribution in [2.75, 3.05) is 19.6 Å². The predicted molar refractivity (Wildman–Crippen MR) is 97.4 cm³/mol. The summed E-state index contributed by atoms with van der Waals surface area (Å²) >= 11 is 0. The van der Waals surface area contributed by atoms with E-state index in [9.17, 15) is 9.18 Å². The van der Waals surface area contributed by atoms with E-state index in [1.807, 2.05) is 17.0 Å². The van der Waals surface area contributed by atoms with Crippen LogP contribution in [0.15, 0.2) is 24.3 Å². The average Bonchev–Trinajstić information content (AvgIpc) is 2.59. The molecule has 2 aliphatic heterocycles. The Labute approximate surface area is 150 Å². The molecule has 0 spiro atoms. The lowest BCUT2D eigenvalue weighted by molar-refractivity contribution is -0.142. The lowest BCUT2D eigenvalue weighted by Crippen LogP contribution is -2.58. The monoisotopic (exact) mass is 347 g/mol. The van der Waals surface area contributed by atoms with Gasteiger partial charge in [-0.25, -0.2) is 4.39 Å². The van der Waals surface area contributed by atoms with Crippen molar-refractivity contribution in [3.8, 4) is 0 Å². The van der Waals surface area contributed by atoms with Crippen molar-refractivity contribution in [1.82, 2.24) is 9.80 Å².